The van der Waals surface area contributed by atoms with Crippen LogP contribution in [0.15, 0.2) is 60.7 Å². The molecule has 1 atom stereocenters. The topological polar surface area (TPSA) is 93.7 Å². The van der Waals surface area contributed by atoms with Crippen LogP contribution >= 0.6 is 0 Å². The molecule has 1 aliphatic carbocycles. The number of rotatable bonds is 8. The molecule has 3 rings (SSSR count). The summed E-state index contributed by atoms with van der Waals surface area (Å²) in [6, 6.07) is 18.2. The van der Waals surface area contributed by atoms with Crippen LogP contribution < -0.4 is 10.6 Å². The summed E-state index contributed by atoms with van der Waals surface area (Å²) in [4.78, 5) is 38.0. The zero-order chi connectivity index (χ0) is 25.3. The summed E-state index contributed by atoms with van der Waals surface area (Å²) in [6.45, 7) is 5.63. The molecule has 7 heteroatoms. The first kappa shape index (κ1) is 26.3. The second-order valence-electron chi connectivity index (χ2n) is 10.0. The second kappa shape index (κ2) is 12.4. The molecule has 7 nitrogen and oxygen atoms in total. The number of hydrogen-bond acceptors (Lipinski definition) is 5. The minimum Gasteiger partial charge on any atom is -0.459 e. The Morgan fingerprint density at radius 3 is 2.03 bits per heavy atom. The molecule has 1 saturated carbocycles. The molecule has 1 fully saturated rings. The fraction of sp³-hybridized carbons (Fsp3) is 0.464. The Balaban J connectivity index is 1.55. The highest BCUT2D eigenvalue weighted by molar-refractivity contribution is 5.86. The maximum Gasteiger partial charge on any atom is 0.407 e. The Bertz CT molecular complexity index is 964. The lowest BCUT2D eigenvalue weighted by molar-refractivity contribution is -0.149. The van der Waals surface area contributed by atoms with E-state index in [1.165, 1.54) is 0 Å². The Hall–Kier alpha value is -3.35. The van der Waals surface area contributed by atoms with Crippen molar-refractivity contribution in [3.63, 3.8) is 0 Å². The van der Waals surface area contributed by atoms with Crippen LogP contribution in [0, 0.1) is 5.92 Å². The van der Waals surface area contributed by atoms with Crippen molar-refractivity contribution in [1.82, 2.24) is 10.6 Å². The molecule has 1 aliphatic rings. The van der Waals surface area contributed by atoms with E-state index in [-0.39, 0.29) is 24.5 Å². The van der Waals surface area contributed by atoms with Gasteiger partial charge >= 0.3 is 12.1 Å². The van der Waals surface area contributed by atoms with Crippen LogP contribution in [-0.4, -0.2) is 35.7 Å². The predicted molar refractivity (Wildman–Crippen MR) is 133 cm³/mol. The third-order valence-corrected chi connectivity index (χ3v) is 5.93. The molecular weight excluding hydrogens is 444 g/mol. The Morgan fingerprint density at radius 2 is 1.46 bits per heavy atom. The first-order valence-corrected chi connectivity index (χ1v) is 12.2. The van der Waals surface area contributed by atoms with Gasteiger partial charge in [-0.1, -0.05) is 60.7 Å². The fourth-order valence-electron chi connectivity index (χ4n) is 4.14. The van der Waals surface area contributed by atoms with Gasteiger partial charge in [0.1, 0.15) is 18.2 Å². The van der Waals surface area contributed by atoms with Crippen molar-refractivity contribution in [2.45, 2.75) is 77.2 Å². The highest BCUT2D eigenvalue weighted by Gasteiger charge is 2.31. The molecule has 2 aromatic rings. The largest absolute Gasteiger partial charge is 0.459 e. The average molecular weight is 481 g/mol. The quantitative estimate of drug-likeness (QED) is 0.541. The SMILES string of the molecule is CC(C)(C)OC(=O)N[C@H]1CC[C@@H](C(=O)N[C@@H](Cc2ccccc2)C(=O)OCc2ccccc2)CC1. The number of nitrogens with one attached hydrogen (secondary N) is 2. The number of benzene rings is 2. The zero-order valence-corrected chi connectivity index (χ0v) is 20.8. The monoisotopic (exact) mass is 480 g/mol. The van der Waals surface area contributed by atoms with E-state index < -0.39 is 23.7 Å². The molecular formula is C28H36N2O5. The van der Waals surface area contributed by atoms with Crippen LogP contribution in [0.2, 0.25) is 0 Å². The van der Waals surface area contributed by atoms with Gasteiger partial charge in [-0.3, -0.25) is 4.79 Å². The van der Waals surface area contributed by atoms with Crippen molar-refractivity contribution in [1.29, 1.82) is 0 Å². The number of amides is 2. The van der Waals surface area contributed by atoms with Gasteiger partial charge in [0, 0.05) is 18.4 Å². The summed E-state index contributed by atoms with van der Waals surface area (Å²) in [5, 5.41) is 5.82. The lowest BCUT2D eigenvalue weighted by atomic mass is 9.85. The predicted octanol–water partition coefficient (Wildman–Crippen LogP) is 4.54. The van der Waals surface area contributed by atoms with E-state index in [0.29, 0.717) is 32.1 Å². The summed E-state index contributed by atoms with van der Waals surface area (Å²) in [7, 11) is 0. The van der Waals surface area contributed by atoms with Crippen molar-refractivity contribution >= 4 is 18.0 Å². The molecule has 2 amide bonds. The summed E-state index contributed by atoms with van der Waals surface area (Å²) < 4.78 is 10.9. The van der Waals surface area contributed by atoms with E-state index in [1.54, 1.807) is 0 Å². The number of carbonyl (C=O) groups is 3. The van der Waals surface area contributed by atoms with E-state index in [2.05, 4.69) is 10.6 Å². The lowest BCUT2D eigenvalue weighted by Crippen LogP contribution is -2.47. The highest BCUT2D eigenvalue weighted by atomic mass is 16.6. The van der Waals surface area contributed by atoms with E-state index in [9.17, 15) is 14.4 Å². The molecule has 0 saturated heterocycles. The Labute approximate surface area is 207 Å². The zero-order valence-electron chi connectivity index (χ0n) is 20.8. The Morgan fingerprint density at radius 1 is 0.886 bits per heavy atom. The molecule has 0 radical (unpaired) electrons. The van der Waals surface area contributed by atoms with Crippen molar-refractivity contribution in [3.8, 4) is 0 Å². The average Bonchev–Trinajstić information content (AvgIpc) is 2.82. The first-order chi connectivity index (χ1) is 16.7. The van der Waals surface area contributed by atoms with Crippen molar-refractivity contribution in [3.05, 3.63) is 71.8 Å². The van der Waals surface area contributed by atoms with Crippen LogP contribution in [-0.2, 0) is 32.1 Å². The molecule has 0 unspecified atom stereocenters. The lowest BCUT2D eigenvalue weighted by Gasteiger charge is -2.30. The summed E-state index contributed by atoms with van der Waals surface area (Å²) in [5.74, 6) is -0.823. The molecule has 35 heavy (non-hydrogen) atoms. The maximum absolute atomic E-state index is 13.1. The molecule has 0 aliphatic heterocycles. The van der Waals surface area contributed by atoms with Crippen LogP contribution in [0.1, 0.15) is 57.6 Å². The van der Waals surface area contributed by atoms with Crippen LogP contribution in [0.3, 0.4) is 0 Å². The van der Waals surface area contributed by atoms with Gasteiger partial charge in [0.2, 0.25) is 5.91 Å². The second-order valence-corrected chi connectivity index (χ2v) is 10.0. The molecule has 0 aromatic heterocycles. The number of ether oxygens (including phenoxy) is 2. The smallest absolute Gasteiger partial charge is 0.407 e. The molecule has 0 heterocycles. The van der Waals surface area contributed by atoms with Crippen molar-refractivity contribution in [2.24, 2.45) is 5.92 Å². The van der Waals surface area contributed by atoms with E-state index in [4.69, 9.17) is 9.47 Å². The normalized spacial score (nSPS) is 18.7. The summed E-state index contributed by atoms with van der Waals surface area (Å²) in [5.41, 5.74) is 1.28. The van der Waals surface area contributed by atoms with Gasteiger partial charge in [0.25, 0.3) is 0 Å². The van der Waals surface area contributed by atoms with Crippen LogP contribution in [0.5, 0.6) is 0 Å². The van der Waals surface area contributed by atoms with Gasteiger partial charge in [-0.15, -0.1) is 0 Å². The fourth-order valence-corrected chi connectivity index (χ4v) is 4.14. The minimum atomic E-state index is -0.772. The van der Waals surface area contributed by atoms with E-state index >= 15 is 0 Å². The molecule has 2 N–H and O–H groups in total. The van der Waals surface area contributed by atoms with Crippen LogP contribution in [0.25, 0.3) is 0 Å². The number of esters is 1. The van der Waals surface area contributed by atoms with E-state index in [1.807, 2.05) is 81.4 Å². The molecule has 2 aromatic carbocycles. The molecule has 188 valence electrons. The number of alkyl carbamates (subject to hydrolysis) is 1. The van der Waals surface area contributed by atoms with Gasteiger partial charge in [-0.25, -0.2) is 9.59 Å². The molecule has 0 spiro atoms. The van der Waals surface area contributed by atoms with E-state index in [0.717, 1.165) is 11.1 Å². The molecule has 0 bridgehead atoms. The van der Waals surface area contributed by atoms with Gasteiger partial charge in [-0.2, -0.15) is 0 Å². The third-order valence-electron chi connectivity index (χ3n) is 5.93. The van der Waals surface area contributed by atoms with Gasteiger partial charge < -0.3 is 20.1 Å². The standard InChI is InChI=1S/C28H36N2O5/c1-28(2,3)35-27(33)29-23-16-14-22(15-17-23)25(31)30-24(18-20-10-6-4-7-11-20)26(32)34-19-21-12-8-5-9-13-21/h4-13,22-24H,14-19H2,1-3H3,(H,29,33)(H,30,31)/t22-,23+,24-/m0/s1. The van der Waals surface area contributed by atoms with Crippen molar-refractivity contribution in [2.75, 3.05) is 0 Å². The summed E-state index contributed by atoms with van der Waals surface area (Å²) in [6.07, 6.45) is 2.54. The third kappa shape index (κ3) is 9.08. The van der Waals surface area contributed by atoms with Crippen LogP contribution in [0.4, 0.5) is 4.79 Å². The highest BCUT2D eigenvalue weighted by Crippen LogP contribution is 2.25. The van der Waals surface area contributed by atoms with Crippen molar-refractivity contribution < 1.29 is 23.9 Å². The number of carbonyl (C=O) groups excluding carboxylic acids is 3. The maximum atomic E-state index is 13.1. The van der Waals surface area contributed by atoms with Gasteiger partial charge in [-0.05, 0) is 57.6 Å². The minimum absolute atomic E-state index is 0.0233. The number of hydrogen-bond donors (Lipinski definition) is 2. The summed E-state index contributed by atoms with van der Waals surface area (Å²) >= 11 is 0. The van der Waals surface area contributed by atoms with Gasteiger partial charge in [0.15, 0.2) is 0 Å². The van der Waals surface area contributed by atoms with Gasteiger partial charge in [0.05, 0.1) is 0 Å². The Kier molecular flexibility index (Phi) is 9.29. The first-order valence-electron chi connectivity index (χ1n) is 12.2.